The highest BCUT2D eigenvalue weighted by molar-refractivity contribution is 4.76. The SMILES string of the molecule is CN(CCC1CCCCN1)CCC1CCCCN1C. The Labute approximate surface area is 119 Å². The Balaban J connectivity index is 1.57. The van der Waals surface area contributed by atoms with Gasteiger partial charge in [0.2, 0.25) is 0 Å². The zero-order valence-corrected chi connectivity index (χ0v) is 13.0. The van der Waals surface area contributed by atoms with Crippen LogP contribution in [0.25, 0.3) is 0 Å². The molecule has 19 heavy (non-hydrogen) atoms. The van der Waals surface area contributed by atoms with Crippen molar-refractivity contribution in [2.75, 3.05) is 40.3 Å². The second kappa shape index (κ2) is 8.23. The molecule has 0 bridgehead atoms. The Kier molecular flexibility index (Phi) is 6.62. The Morgan fingerprint density at radius 1 is 1.05 bits per heavy atom. The van der Waals surface area contributed by atoms with Crippen LogP contribution >= 0.6 is 0 Å². The molecular weight excluding hydrogens is 234 g/mol. The van der Waals surface area contributed by atoms with Gasteiger partial charge in [0.1, 0.15) is 0 Å². The van der Waals surface area contributed by atoms with Crippen molar-refractivity contribution in [1.82, 2.24) is 15.1 Å². The fourth-order valence-corrected chi connectivity index (χ4v) is 3.54. The van der Waals surface area contributed by atoms with E-state index in [-0.39, 0.29) is 0 Å². The van der Waals surface area contributed by atoms with E-state index in [0.29, 0.717) is 0 Å². The topological polar surface area (TPSA) is 18.5 Å². The Morgan fingerprint density at radius 2 is 1.84 bits per heavy atom. The van der Waals surface area contributed by atoms with Gasteiger partial charge >= 0.3 is 0 Å². The number of nitrogens with one attached hydrogen (secondary N) is 1. The highest BCUT2D eigenvalue weighted by atomic mass is 15.1. The van der Waals surface area contributed by atoms with E-state index >= 15 is 0 Å². The molecule has 112 valence electrons. The summed E-state index contributed by atoms with van der Waals surface area (Å²) in [7, 11) is 4.60. The zero-order valence-electron chi connectivity index (χ0n) is 13.0. The number of hydrogen-bond donors (Lipinski definition) is 1. The van der Waals surface area contributed by atoms with Crippen LogP contribution in [-0.2, 0) is 0 Å². The van der Waals surface area contributed by atoms with Crippen molar-refractivity contribution in [2.45, 2.75) is 63.5 Å². The number of piperidine rings is 2. The predicted molar refractivity (Wildman–Crippen MR) is 82.6 cm³/mol. The summed E-state index contributed by atoms with van der Waals surface area (Å²) in [6, 6.07) is 1.62. The summed E-state index contributed by atoms with van der Waals surface area (Å²) >= 11 is 0. The van der Waals surface area contributed by atoms with E-state index in [2.05, 4.69) is 29.2 Å². The fourth-order valence-electron chi connectivity index (χ4n) is 3.54. The van der Waals surface area contributed by atoms with E-state index in [4.69, 9.17) is 0 Å². The van der Waals surface area contributed by atoms with Crippen molar-refractivity contribution >= 4 is 0 Å². The molecule has 0 amide bonds. The smallest absolute Gasteiger partial charge is 0.0104 e. The lowest BCUT2D eigenvalue weighted by Gasteiger charge is -2.34. The van der Waals surface area contributed by atoms with E-state index in [9.17, 15) is 0 Å². The molecule has 2 unspecified atom stereocenters. The first-order valence-electron chi connectivity index (χ1n) is 8.38. The molecule has 0 aromatic carbocycles. The van der Waals surface area contributed by atoms with Gasteiger partial charge < -0.3 is 15.1 Å². The molecule has 0 aromatic rings. The minimum atomic E-state index is 0.786. The summed E-state index contributed by atoms with van der Waals surface area (Å²) < 4.78 is 0. The third-order valence-electron chi connectivity index (χ3n) is 5.04. The number of rotatable bonds is 6. The molecule has 2 aliphatic rings. The lowest BCUT2D eigenvalue weighted by molar-refractivity contribution is 0.159. The summed E-state index contributed by atoms with van der Waals surface area (Å²) in [5, 5.41) is 3.65. The first-order valence-corrected chi connectivity index (χ1v) is 8.38. The standard InChI is InChI=1S/C16H33N3/c1-18(13-9-15-7-3-5-11-17-15)14-10-16-8-4-6-12-19(16)2/h15-17H,3-14H2,1-2H3. The summed E-state index contributed by atoms with van der Waals surface area (Å²) in [5.41, 5.74) is 0. The molecule has 0 spiro atoms. The fraction of sp³-hybridized carbons (Fsp3) is 1.00. The normalized spacial score (nSPS) is 29.8. The van der Waals surface area contributed by atoms with Crippen LogP contribution in [-0.4, -0.2) is 62.2 Å². The molecular formula is C16H33N3. The Morgan fingerprint density at radius 3 is 2.58 bits per heavy atom. The largest absolute Gasteiger partial charge is 0.314 e. The van der Waals surface area contributed by atoms with Crippen LogP contribution in [0.5, 0.6) is 0 Å². The molecule has 2 heterocycles. The molecule has 0 radical (unpaired) electrons. The van der Waals surface area contributed by atoms with Crippen LogP contribution in [0.1, 0.15) is 51.4 Å². The molecule has 2 rings (SSSR count). The van der Waals surface area contributed by atoms with Gasteiger partial charge in [0, 0.05) is 12.1 Å². The average Bonchev–Trinajstić information content (AvgIpc) is 2.45. The Hall–Kier alpha value is -0.120. The van der Waals surface area contributed by atoms with Gasteiger partial charge in [-0.05, 0) is 78.8 Å². The molecule has 0 aliphatic carbocycles. The van der Waals surface area contributed by atoms with Crippen LogP contribution in [0.3, 0.4) is 0 Å². The summed E-state index contributed by atoms with van der Waals surface area (Å²) in [4.78, 5) is 5.11. The first-order chi connectivity index (χ1) is 9.25. The van der Waals surface area contributed by atoms with Crippen molar-refractivity contribution in [3.63, 3.8) is 0 Å². The maximum Gasteiger partial charge on any atom is 0.0104 e. The second-order valence-electron chi connectivity index (χ2n) is 6.66. The van der Waals surface area contributed by atoms with Gasteiger partial charge in [-0.25, -0.2) is 0 Å². The van der Waals surface area contributed by atoms with E-state index < -0.39 is 0 Å². The zero-order chi connectivity index (χ0) is 13.5. The maximum atomic E-state index is 3.65. The minimum Gasteiger partial charge on any atom is -0.314 e. The first kappa shape index (κ1) is 15.3. The van der Waals surface area contributed by atoms with Crippen molar-refractivity contribution in [3.8, 4) is 0 Å². The lowest BCUT2D eigenvalue weighted by Crippen LogP contribution is -2.40. The van der Waals surface area contributed by atoms with Crippen molar-refractivity contribution < 1.29 is 0 Å². The molecule has 2 aliphatic heterocycles. The van der Waals surface area contributed by atoms with E-state index in [1.165, 1.54) is 77.5 Å². The summed E-state index contributed by atoms with van der Waals surface area (Å²) in [6.45, 7) is 5.07. The van der Waals surface area contributed by atoms with Gasteiger partial charge in [0.25, 0.3) is 0 Å². The lowest BCUT2D eigenvalue weighted by atomic mass is 9.99. The molecule has 0 saturated carbocycles. The van der Waals surface area contributed by atoms with Crippen molar-refractivity contribution in [3.05, 3.63) is 0 Å². The molecule has 2 atom stereocenters. The average molecular weight is 267 g/mol. The third kappa shape index (κ3) is 5.41. The molecule has 0 aromatic heterocycles. The van der Waals surface area contributed by atoms with Gasteiger partial charge in [-0.15, -0.1) is 0 Å². The van der Waals surface area contributed by atoms with Gasteiger partial charge in [-0.3, -0.25) is 0 Å². The van der Waals surface area contributed by atoms with Crippen LogP contribution in [0.15, 0.2) is 0 Å². The van der Waals surface area contributed by atoms with Crippen molar-refractivity contribution in [2.24, 2.45) is 0 Å². The third-order valence-corrected chi connectivity index (χ3v) is 5.04. The predicted octanol–water partition coefficient (Wildman–Crippen LogP) is 2.32. The van der Waals surface area contributed by atoms with Gasteiger partial charge in [0.05, 0.1) is 0 Å². The number of hydrogen-bond acceptors (Lipinski definition) is 3. The highest BCUT2D eigenvalue weighted by Gasteiger charge is 2.19. The van der Waals surface area contributed by atoms with Crippen LogP contribution < -0.4 is 5.32 Å². The van der Waals surface area contributed by atoms with E-state index in [1.807, 2.05) is 0 Å². The van der Waals surface area contributed by atoms with Crippen LogP contribution in [0.4, 0.5) is 0 Å². The molecule has 2 fully saturated rings. The quantitative estimate of drug-likeness (QED) is 0.797. The molecule has 3 heteroatoms. The minimum absolute atomic E-state index is 0.786. The number of likely N-dealkylation sites (tertiary alicyclic amines) is 1. The maximum absolute atomic E-state index is 3.65. The second-order valence-corrected chi connectivity index (χ2v) is 6.66. The van der Waals surface area contributed by atoms with Gasteiger partial charge in [-0.1, -0.05) is 12.8 Å². The van der Waals surface area contributed by atoms with Gasteiger partial charge in [-0.2, -0.15) is 0 Å². The van der Waals surface area contributed by atoms with Crippen molar-refractivity contribution in [1.29, 1.82) is 0 Å². The van der Waals surface area contributed by atoms with E-state index in [0.717, 1.165) is 12.1 Å². The monoisotopic (exact) mass is 267 g/mol. The van der Waals surface area contributed by atoms with Crippen LogP contribution in [0, 0.1) is 0 Å². The summed E-state index contributed by atoms with van der Waals surface area (Å²) in [5.74, 6) is 0. The summed E-state index contributed by atoms with van der Waals surface area (Å²) in [6.07, 6.45) is 11.1. The van der Waals surface area contributed by atoms with Gasteiger partial charge in [0.15, 0.2) is 0 Å². The van der Waals surface area contributed by atoms with Crippen LogP contribution in [0.2, 0.25) is 0 Å². The number of nitrogens with zero attached hydrogens (tertiary/aromatic N) is 2. The highest BCUT2D eigenvalue weighted by Crippen LogP contribution is 2.18. The molecule has 2 saturated heterocycles. The van der Waals surface area contributed by atoms with E-state index in [1.54, 1.807) is 0 Å². The Bertz CT molecular complexity index is 238. The molecule has 1 N–H and O–H groups in total. The molecule has 3 nitrogen and oxygen atoms in total.